The average molecular weight is 481 g/mol. The summed E-state index contributed by atoms with van der Waals surface area (Å²) in [5, 5.41) is 9.11. The van der Waals surface area contributed by atoms with Crippen LogP contribution in [0.3, 0.4) is 0 Å². The van der Waals surface area contributed by atoms with Gasteiger partial charge in [-0.2, -0.15) is 5.26 Å². The molecule has 0 radical (unpaired) electrons. The number of aromatic nitrogens is 3. The molecule has 1 fully saturated rings. The highest BCUT2D eigenvalue weighted by atomic mass is 19.1. The second kappa shape index (κ2) is 8.47. The molecule has 2 aliphatic heterocycles. The van der Waals surface area contributed by atoms with Crippen LogP contribution in [-0.2, 0) is 11.3 Å². The summed E-state index contributed by atoms with van der Waals surface area (Å²) >= 11 is 0. The third-order valence-corrected chi connectivity index (χ3v) is 6.98. The van der Waals surface area contributed by atoms with Gasteiger partial charge in [-0.05, 0) is 55.4 Å². The molecule has 36 heavy (non-hydrogen) atoms. The van der Waals surface area contributed by atoms with Gasteiger partial charge in [-0.25, -0.2) is 9.37 Å². The monoisotopic (exact) mass is 480 g/mol. The molecule has 0 bridgehead atoms. The van der Waals surface area contributed by atoms with Crippen LogP contribution in [0.5, 0.6) is 0 Å². The Morgan fingerprint density at radius 2 is 1.94 bits per heavy atom. The van der Waals surface area contributed by atoms with Crippen molar-refractivity contribution in [2.24, 2.45) is 5.92 Å². The number of amides is 1. The van der Waals surface area contributed by atoms with Crippen molar-refractivity contribution < 1.29 is 9.18 Å². The Kier molecular flexibility index (Phi) is 5.23. The quantitative estimate of drug-likeness (QED) is 0.385. The number of imidazole rings is 1. The molecular formula is C28H25FN6O. The third-order valence-electron chi connectivity index (χ3n) is 6.98. The Bertz CT molecular complexity index is 1520. The fourth-order valence-electron chi connectivity index (χ4n) is 5.40. The lowest BCUT2D eigenvalue weighted by atomic mass is 10.1. The van der Waals surface area contributed by atoms with Gasteiger partial charge in [-0.3, -0.25) is 9.36 Å². The van der Waals surface area contributed by atoms with Gasteiger partial charge in [0.15, 0.2) is 5.82 Å². The molecule has 4 aromatic rings. The lowest BCUT2D eigenvalue weighted by molar-refractivity contribution is -0.117. The Morgan fingerprint density at radius 3 is 2.69 bits per heavy atom. The van der Waals surface area contributed by atoms with Crippen LogP contribution >= 0.6 is 0 Å². The first kappa shape index (κ1) is 22.3. The summed E-state index contributed by atoms with van der Waals surface area (Å²) < 4.78 is 19.5. The summed E-state index contributed by atoms with van der Waals surface area (Å²) in [4.78, 5) is 21.1. The first-order valence-electron chi connectivity index (χ1n) is 11.9. The van der Waals surface area contributed by atoms with Crippen molar-refractivity contribution in [1.82, 2.24) is 19.0 Å². The van der Waals surface area contributed by atoms with Crippen LogP contribution in [0, 0.1) is 23.1 Å². The van der Waals surface area contributed by atoms with Gasteiger partial charge >= 0.3 is 0 Å². The average Bonchev–Trinajstić information content (AvgIpc) is 3.57. The van der Waals surface area contributed by atoms with Crippen molar-refractivity contribution in [2.75, 3.05) is 32.1 Å². The molecule has 1 saturated heterocycles. The van der Waals surface area contributed by atoms with E-state index in [9.17, 15) is 4.79 Å². The maximum atomic E-state index is 15.5. The van der Waals surface area contributed by atoms with Crippen LogP contribution < -0.4 is 4.90 Å². The van der Waals surface area contributed by atoms with Crippen molar-refractivity contribution >= 4 is 11.6 Å². The summed E-state index contributed by atoms with van der Waals surface area (Å²) in [6, 6.07) is 15.0. The third kappa shape index (κ3) is 3.69. The summed E-state index contributed by atoms with van der Waals surface area (Å²) in [7, 11) is 3.97. The molecule has 2 aromatic heterocycles. The maximum Gasteiger partial charge on any atom is 0.227 e. The Morgan fingerprint density at radius 1 is 1.14 bits per heavy atom. The topological polar surface area (TPSA) is 70.1 Å². The predicted octanol–water partition coefficient (Wildman–Crippen LogP) is 4.29. The molecule has 6 rings (SSSR count). The summed E-state index contributed by atoms with van der Waals surface area (Å²) in [5.41, 5.74) is 5.52. The summed E-state index contributed by atoms with van der Waals surface area (Å²) in [5.74, 6) is 0.459. The van der Waals surface area contributed by atoms with E-state index < -0.39 is 5.82 Å². The highest BCUT2D eigenvalue weighted by Crippen LogP contribution is 2.37. The van der Waals surface area contributed by atoms with E-state index in [1.807, 2.05) is 43.1 Å². The molecule has 0 N–H and O–H groups in total. The maximum absolute atomic E-state index is 15.5. The second-order valence-electron chi connectivity index (χ2n) is 9.82. The number of nitrogens with zero attached hydrogens (tertiary/aromatic N) is 6. The van der Waals surface area contributed by atoms with Crippen molar-refractivity contribution in [3.63, 3.8) is 0 Å². The van der Waals surface area contributed by atoms with E-state index in [1.54, 1.807) is 23.2 Å². The molecule has 0 aliphatic carbocycles. The van der Waals surface area contributed by atoms with Crippen molar-refractivity contribution in [3.05, 3.63) is 78.0 Å². The molecule has 2 aromatic carbocycles. The van der Waals surface area contributed by atoms with Crippen molar-refractivity contribution in [3.8, 4) is 34.4 Å². The highest BCUT2D eigenvalue weighted by Gasteiger charge is 2.33. The molecule has 180 valence electrons. The Balaban J connectivity index is 1.41. The van der Waals surface area contributed by atoms with Gasteiger partial charge in [0.05, 0.1) is 28.7 Å². The van der Waals surface area contributed by atoms with E-state index in [1.165, 1.54) is 6.07 Å². The molecule has 1 atom stereocenters. The molecular weight excluding hydrogens is 455 g/mol. The number of halogens is 1. The number of anilines is 1. The largest absolute Gasteiger partial charge is 0.340 e. The van der Waals surface area contributed by atoms with Crippen LogP contribution in [0.4, 0.5) is 10.1 Å². The lowest BCUT2D eigenvalue weighted by Crippen LogP contribution is -2.28. The zero-order chi connectivity index (χ0) is 25.0. The van der Waals surface area contributed by atoms with Gasteiger partial charge in [0.25, 0.3) is 0 Å². The van der Waals surface area contributed by atoms with Crippen LogP contribution in [0.15, 0.2) is 61.1 Å². The highest BCUT2D eigenvalue weighted by molar-refractivity contribution is 5.96. The van der Waals surface area contributed by atoms with Gasteiger partial charge in [0, 0.05) is 56.3 Å². The van der Waals surface area contributed by atoms with E-state index in [0.29, 0.717) is 30.8 Å². The van der Waals surface area contributed by atoms with E-state index in [-0.39, 0.29) is 11.8 Å². The zero-order valence-corrected chi connectivity index (χ0v) is 20.1. The van der Waals surface area contributed by atoms with E-state index in [0.717, 1.165) is 40.4 Å². The minimum Gasteiger partial charge on any atom is -0.340 e. The first-order chi connectivity index (χ1) is 17.4. The number of carbonyl (C=O) groups excluding carboxylic acids is 1. The van der Waals surface area contributed by atoms with Crippen molar-refractivity contribution in [2.45, 2.75) is 13.0 Å². The predicted molar refractivity (Wildman–Crippen MR) is 135 cm³/mol. The van der Waals surface area contributed by atoms with Gasteiger partial charge in [0.1, 0.15) is 5.82 Å². The SMILES string of the molecule is CN(C)C[C@H]1CC(=O)N(c2cc3c(cc2F)-n2ccnc2-c2cc(-c4ccc(C#N)cc4)cn2C3)C1. The molecule has 1 amide bonds. The minimum absolute atomic E-state index is 0.0394. The van der Waals surface area contributed by atoms with Gasteiger partial charge in [-0.1, -0.05) is 12.1 Å². The van der Waals surface area contributed by atoms with Crippen molar-refractivity contribution in [1.29, 1.82) is 5.26 Å². The molecule has 2 aliphatic rings. The molecule has 7 nitrogen and oxygen atoms in total. The van der Waals surface area contributed by atoms with Gasteiger partial charge in [-0.15, -0.1) is 0 Å². The van der Waals surface area contributed by atoms with Gasteiger partial charge in [0.2, 0.25) is 5.91 Å². The van der Waals surface area contributed by atoms with Crippen LogP contribution in [-0.4, -0.2) is 52.1 Å². The molecule has 0 unspecified atom stereocenters. The molecule has 0 saturated carbocycles. The molecule has 8 heteroatoms. The fraction of sp³-hybridized carbons (Fsp3) is 0.250. The summed E-state index contributed by atoms with van der Waals surface area (Å²) in [6.45, 7) is 1.82. The molecule has 0 spiro atoms. The standard InChI is InChI=1S/C28H25FN6O/c1-32(2)14-19-9-27(36)35(15-19)25-11-22-17-33-16-21(20-5-3-18(13-30)4-6-20)10-26(33)28-31-7-8-34(28)24(22)12-23(25)29/h3-8,10-12,16,19H,9,14-15,17H2,1-2H3/t19-/m1/s1. The Hall–Kier alpha value is -4.22. The number of rotatable bonds is 4. The number of carbonyl (C=O) groups is 1. The van der Waals surface area contributed by atoms with E-state index in [2.05, 4.69) is 32.8 Å². The number of hydrogen-bond donors (Lipinski definition) is 0. The zero-order valence-electron chi connectivity index (χ0n) is 20.1. The smallest absolute Gasteiger partial charge is 0.227 e. The number of nitriles is 1. The minimum atomic E-state index is -0.405. The normalized spacial score (nSPS) is 16.5. The number of fused-ring (bicyclic) bond motifs is 5. The number of benzene rings is 2. The first-order valence-corrected chi connectivity index (χ1v) is 11.9. The lowest BCUT2D eigenvalue weighted by Gasteiger charge is -2.21. The van der Waals surface area contributed by atoms with Crippen LogP contribution in [0.2, 0.25) is 0 Å². The second-order valence-corrected chi connectivity index (χ2v) is 9.82. The van der Waals surface area contributed by atoms with Gasteiger partial charge < -0.3 is 14.4 Å². The van der Waals surface area contributed by atoms with Crippen LogP contribution in [0.25, 0.3) is 28.3 Å². The molecule has 4 heterocycles. The van der Waals surface area contributed by atoms with Crippen LogP contribution in [0.1, 0.15) is 17.5 Å². The Labute approximate surface area is 208 Å². The fourth-order valence-corrected chi connectivity index (χ4v) is 5.40. The van der Waals surface area contributed by atoms with E-state index in [4.69, 9.17) is 5.26 Å². The summed E-state index contributed by atoms with van der Waals surface area (Å²) in [6.07, 6.45) is 6.04. The van der Waals surface area contributed by atoms with E-state index >= 15 is 4.39 Å². The number of hydrogen-bond acceptors (Lipinski definition) is 4.